The van der Waals surface area contributed by atoms with Gasteiger partial charge in [0.1, 0.15) is 0 Å². The first-order valence-corrected chi connectivity index (χ1v) is 6.20. The van der Waals surface area contributed by atoms with Crippen LogP contribution in [0.1, 0.15) is 19.8 Å². The molecule has 96 valence electrons. The number of rotatable bonds is 4. The first-order valence-electron chi connectivity index (χ1n) is 6.20. The highest BCUT2D eigenvalue weighted by atomic mass is 16.4. The van der Waals surface area contributed by atoms with Crippen LogP contribution in [0, 0.1) is 11.8 Å². The van der Waals surface area contributed by atoms with Crippen LogP contribution in [0.25, 0.3) is 0 Å². The van der Waals surface area contributed by atoms with Gasteiger partial charge in [0, 0.05) is 26.2 Å². The molecule has 1 saturated carbocycles. The maximum absolute atomic E-state index is 11.9. The van der Waals surface area contributed by atoms with E-state index in [-0.39, 0.29) is 17.7 Å². The molecule has 5 nitrogen and oxygen atoms in total. The maximum atomic E-state index is 11.9. The van der Waals surface area contributed by atoms with Gasteiger partial charge in [-0.05, 0) is 18.8 Å². The summed E-state index contributed by atoms with van der Waals surface area (Å²) in [5, 5.41) is 9.02. The molecule has 2 rings (SSSR count). The van der Waals surface area contributed by atoms with Crippen LogP contribution in [0.5, 0.6) is 0 Å². The molecule has 1 aliphatic heterocycles. The number of carboxylic acid groups (broad SMARTS) is 1. The minimum Gasteiger partial charge on any atom is -0.481 e. The zero-order valence-electron chi connectivity index (χ0n) is 10.4. The van der Waals surface area contributed by atoms with Crippen molar-refractivity contribution in [1.82, 2.24) is 9.80 Å². The Morgan fingerprint density at radius 2 is 2.00 bits per heavy atom. The van der Waals surface area contributed by atoms with Crippen LogP contribution in [0.15, 0.2) is 0 Å². The molecule has 0 spiro atoms. The van der Waals surface area contributed by atoms with Crippen LogP contribution in [0.2, 0.25) is 0 Å². The number of likely N-dealkylation sites (tertiary alicyclic amines) is 1. The number of nitrogens with zero attached hydrogens (tertiary/aromatic N) is 2. The monoisotopic (exact) mass is 240 g/mol. The van der Waals surface area contributed by atoms with Crippen LogP contribution in [0.4, 0.5) is 0 Å². The molecule has 1 heterocycles. The number of hydrogen-bond acceptors (Lipinski definition) is 3. The van der Waals surface area contributed by atoms with E-state index in [0.29, 0.717) is 25.7 Å². The third-order valence-corrected chi connectivity index (χ3v) is 3.85. The standard InChI is InChI=1S/C12H20N2O3/c1-8-5-14(6-10(8)12(16)17)7-11(15)13(2)9-3-4-9/h8-10H,3-7H2,1-2H3,(H,16,17)/t8-,10-/m1/s1. The first-order chi connectivity index (χ1) is 7.99. The Labute approximate surface area is 101 Å². The van der Waals surface area contributed by atoms with E-state index >= 15 is 0 Å². The topological polar surface area (TPSA) is 60.9 Å². The lowest BCUT2D eigenvalue weighted by Gasteiger charge is -2.21. The summed E-state index contributed by atoms with van der Waals surface area (Å²) in [6.07, 6.45) is 2.22. The number of hydrogen-bond donors (Lipinski definition) is 1. The van der Waals surface area contributed by atoms with E-state index in [1.807, 2.05) is 18.9 Å². The zero-order valence-corrected chi connectivity index (χ0v) is 10.4. The van der Waals surface area contributed by atoms with E-state index in [1.54, 1.807) is 4.90 Å². The molecule has 2 aliphatic rings. The Morgan fingerprint density at radius 3 is 2.47 bits per heavy atom. The van der Waals surface area contributed by atoms with E-state index in [0.717, 1.165) is 12.8 Å². The lowest BCUT2D eigenvalue weighted by Crippen LogP contribution is -2.38. The van der Waals surface area contributed by atoms with Gasteiger partial charge in [-0.25, -0.2) is 0 Å². The fourth-order valence-corrected chi connectivity index (χ4v) is 2.49. The largest absolute Gasteiger partial charge is 0.481 e. The van der Waals surface area contributed by atoms with E-state index in [2.05, 4.69) is 0 Å². The van der Waals surface area contributed by atoms with Crippen LogP contribution < -0.4 is 0 Å². The normalized spacial score (nSPS) is 29.3. The Morgan fingerprint density at radius 1 is 1.35 bits per heavy atom. The Hall–Kier alpha value is -1.10. The second kappa shape index (κ2) is 4.64. The fourth-order valence-electron chi connectivity index (χ4n) is 2.49. The van der Waals surface area contributed by atoms with Crippen molar-refractivity contribution >= 4 is 11.9 Å². The molecule has 1 amide bonds. The van der Waals surface area contributed by atoms with Gasteiger partial charge in [0.15, 0.2) is 0 Å². The quantitative estimate of drug-likeness (QED) is 0.765. The Kier molecular flexibility index (Phi) is 3.38. The summed E-state index contributed by atoms with van der Waals surface area (Å²) >= 11 is 0. The number of carboxylic acids is 1. The third kappa shape index (κ3) is 2.77. The average molecular weight is 240 g/mol. The van der Waals surface area contributed by atoms with Gasteiger partial charge >= 0.3 is 5.97 Å². The number of carbonyl (C=O) groups is 2. The van der Waals surface area contributed by atoms with Gasteiger partial charge in [-0.3, -0.25) is 14.5 Å². The van der Waals surface area contributed by atoms with Crippen molar-refractivity contribution < 1.29 is 14.7 Å². The molecule has 0 aromatic carbocycles. The summed E-state index contributed by atoms with van der Waals surface area (Å²) in [5.41, 5.74) is 0. The molecule has 17 heavy (non-hydrogen) atoms. The molecule has 1 aliphatic carbocycles. The molecule has 0 bridgehead atoms. The molecular weight excluding hydrogens is 220 g/mol. The first kappa shape index (κ1) is 12.4. The van der Waals surface area contributed by atoms with Gasteiger partial charge in [0.25, 0.3) is 0 Å². The van der Waals surface area contributed by atoms with Crippen molar-refractivity contribution in [2.24, 2.45) is 11.8 Å². The molecule has 5 heteroatoms. The lowest BCUT2D eigenvalue weighted by molar-refractivity contribution is -0.142. The SMILES string of the molecule is C[C@@H]1CN(CC(=O)N(C)C2CC2)C[C@H]1C(=O)O. The van der Waals surface area contributed by atoms with E-state index in [9.17, 15) is 9.59 Å². The predicted molar refractivity (Wildman–Crippen MR) is 62.5 cm³/mol. The minimum absolute atomic E-state index is 0.116. The zero-order chi connectivity index (χ0) is 12.6. The highest BCUT2D eigenvalue weighted by Crippen LogP contribution is 2.26. The second-order valence-corrected chi connectivity index (χ2v) is 5.35. The number of carbonyl (C=O) groups excluding carboxylic acids is 1. The predicted octanol–water partition coefficient (Wildman–Crippen LogP) is 0.260. The van der Waals surface area contributed by atoms with Gasteiger partial charge in [0.2, 0.25) is 5.91 Å². The van der Waals surface area contributed by atoms with Gasteiger partial charge in [-0.2, -0.15) is 0 Å². The molecule has 2 fully saturated rings. The van der Waals surface area contributed by atoms with E-state index < -0.39 is 5.97 Å². The van der Waals surface area contributed by atoms with Gasteiger partial charge in [0.05, 0.1) is 12.5 Å². The molecule has 1 saturated heterocycles. The second-order valence-electron chi connectivity index (χ2n) is 5.35. The highest BCUT2D eigenvalue weighted by molar-refractivity contribution is 5.79. The van der Waals surface area contributed by atoms with Gasteiger partial charge in [-0.15, -0.1) is 0 Å². The summed E-state index contributed by atoms with van der Waals surface area (Å²) in [7, 11) is 1.84. The van der Waals surface area contributed by atoms with Crippen LogP contribution in [0.3, 0.4) is 0 Å². The van der Waals surface area contributed by atoms with Crippen LogP contribution >= 0.6 is 0 Å². The lowest BCUT2D eigenvalue weighted by atomic mass is 9.99. The van der Waals surface area contributed by atoms with Crippen molar-refractivity contribution in [3.05, 3.63) is 0 Å². The molecule has 0 aromatic heterocycles. The number of likely N-dealkylation sites (N-methyl/N-ethyl adjacent to an activating group) is 1. The average Bonchev–Trinajstić information content (AvgIpc) is 3.02. The van der Waals surface area contributed by atoms with Crippen molar-refractivity contribution in [2.45, 2.75) is 25.8 Å². The summed E-state index contributed by atoms with van der Waals surface area (Å²) in [4.78, 5) is 26.6. The number of aliphatic carboxylic acids is 1. The van der Waals surface area contributed by atoms with Crippen molar-refractivity contribution in [1.29, 1.82) is 0 Å². The van der Waals surface area contributed by atoms with Crippen LogP contribution in [-0.2, 0) is 9.59 Å². The van der Waals surface area contributed by atoms with Crippen LogP contribution in [-0.4, -0.2) is 59.5 Å². The van der Waals surface area contributed by atoms with Gasteiger partial charge < -0.3 is 10.0 Å². The molecule has 0 unspecified atom stereocenters. The minimum atomic E-state index is -0.747. The highest BCUT2D eigenvalue weighted by Gasteiger charge is 2.37. The summed E-state index contributed by atoms with van der Waals surface area (Å²) < 4.78 is 0. The molecular formula is C12H20N2O3. The summed E-state index contributed by atoms with van der Waals surface area (Å²) in [6, 6.07) is 0.429. The van der Waals surface area contributed by atoms with Crippen molar-refractivity contribution in [2.75, 3.05) is 26.7 Å². The number of amides is 1. The van der Waals surface area contributed by atoms with Crippen molar-refractivity contribution in [3.63, 3.8) is 0 Å². The molecule has 2 atom stereocenters. The van der Waals surface area contributed by atoms with E-state index in [1.165, 1.54) is 0 Å². The molecule has 0 aromatic rings. The Bertz CT molecular complexity index is 328. The summed E-state index contributed by atoms with van der Waals surface area (Å²) in [5.74, 6) is -0.825. The van der Waals surface area contributed by atoms with E-state index in [4.69, 9.17) is 5.11 Å². The third-order valence-electron chi connectivity index (χ3n) is 3.85. The maximum Gasteiger partial charge on any atom is 0.308 e. The fraction of sp³-hybridized carbons (Fsp3) is 0.833. The smallest absolute Gasteiger partial charge is 0.308 e. The van der Waals surface area contributed by atoms with Crippen molar-refractivity contribution in [3.8, 4) is 0 Å². The molecule has 1 N–H and O–H groups in total. The van der Waals surface area contributed by atoms with Gasteiger partial charge in [-0.1, -0.05) is 6.92 Å². The molecule has 0 radical (unpaired) electrons. The Balaban J connectivity index is 1.84. The summed E-state index contributed by atoms with van der Waals surface area (Å²) in [6.45, 7) is 3.51.